The van der Waals surface area contributed by atoms with Crippen LogP contribution in [0.4, 0.5) is 5.82 Å². The Kier molecular flexibility index (Phi) is 4.17. The highest BCUT2D eigenvalue weighted by Gasteiger charge is 2.29. The Morgan fingerprint density at radius 1 is 1.35 bits per heavy atom. The number of anilines is 1. The molecule has 2 aromatic rings. The molecule has 0 aliphatic carbocycles. The third-order valence-electron chi connectivity index (χ3n) is 4.17. The molecule has 1 aliphatic heterocycles. The van der Waals surface area contributed by atoms with Crippen molar-refractivity contribution in [3.63, 3.8) is 0 Å². The summed E-state index contributed by atoms with van der Waals surface area (Å²) in [6.07, 6.45) is 3.16. The van der Waals surface area contributed by atoms with E-state index in [1.807, 2.05) is 19.2 Å². The molecule has 1 aromatic heterocycles. The second-order valence-corrected chi connectivity index (χ2v) is 6.48. The molecule has 23 heavy (non-hydrogen) atoms. The summed E-state index contributed by atoms with van der Waals surface area (Å²) in [5.41, 5.74) is 1.18. The highest BCUT2D eigenvalue weighted by atomic mass is 16.5. The molecular weight excluding hydrogens is 292 g/mol. The summed E-state index contributed by atoms with van der Waals surface area (Å²) in [6, 6.07) is 5.63. The van der Waals surface area contributed by atoms with Crippen LogP contribution in [0.2, 0.25) is 0 Å². The van der Waals surface area contributed by atoms with Crippen molar-refractivity contribution < 1.29 is 9.53 Å². The summed E-state index contributed by atoms with van der Waals surface area (Å²) in [7, 11) is 1.81. The molecule has 0 spiro atoms. The first-order valence-corrected chi connectivity index (χ1v) is 7.86. The van der Waals surface area contributed by atoms with Crippen molar-refractivity contribution in [3.8, 4) is 0 Å². The van der Waals surface area contributed by atoms with Gasteiger partial charge in [-0.1, -0.05) is 0 Å². The Labute approximate surface area is 135 Å². The van der Waals surface area contributed by atoms with Gasteiger partial charge in [-0.25, -0.2) is 9.97 Å². The summed E-state index contributed by atoms with van der Waals surface area (Å²) >= 11 is 0. The maximum Gasteiger partial charge on any atom is 0.251 e. The summed E-state index contributed by atoms with van der Waals surface area (Å²) in [6.45, 7) is 4.78. The van der Waals surface area contributed by atoms with Gasteiger partial charge in [-0.05, 0) is 44.9 Å². The van der Waals surface area contributed by atoms with Crippen molar-refractivity contribution in [3.05, 3.63) is 30.1 Å². The molecule has 1 atom stereocenters. The highest BCUT2D eigenvalue weighted by molar-refractivity contribution is 5.99. The molecule has 0 radical (unpaired) electrons. The van der Waals surface area contributed by atoms with E-state index in [1.54, 1.807) is 6.07 Å². The second-order valence-electron chi connectivity index (χ2n) is 6.48. The monoisotopic (exact) mass is 314 g/mol. The fourth-order valence-corrected chi connectivity index (χ4v) is 3.02. The zero-order chi connectivity index (χ0) is 16.4. The van der Waals surface area contributed by atoms with Crippen LogP contribution in [0.3, 0.4) is 0 Å². The molecule has 0 bridgehead atoms. The summed E-state index contributed by atoms with van der Waals surface area (Å²) in [5.74, 6) is 0.687. The van der Waals surface area contributed by atoms with E-state index in [-0.39, 0.29) is 17.6 Å². The topological polar surface area (TPSA) is 76.1 Å². The first-order valence-electron chi connectivity index (χ1n) is 7.86. The van der Waals surface area contributed by atoms with Gasteiger partial charge in [0.2, 0.25) is 0 Å². The molecule has 122 valence electrons. The van der Waals surface area contributed by atoms with Gasteiger partial charge in [-0.15, -0.1) is 0 Å². The normalized spacial score (nSPS) is 20.2. The molecule has 1 saturated heterocycles. The van der Waals surface area contributed by atoms with Crippen LogP contribution in [0.25, 0.3) is 10.9 Å². The lowest BCUT2D eigenvalue weighted by Crippen LogP contribution is -2.45. The molecule has 2 N–H and O–H groups in total. The van der Waals surface area contributed by atoms with E-state index >= 15 is 0 Å². The minimum atomic E-state index is -0.186. The predicted molar refractivity (Wildman–Crippen MR) is 89.6 cm³/mol. The van der Waals surface area contributed by atoms with Crippen LogP contribution in [-0.4, -0.2) is 41.2 Å². The van der Waals surface area contributed by atoms with Gasteiger partial charge in [0.15, 0.2) is 0 Å². The molecule has 2 heterocycles. The number of carbonyl (C=O) groups is 1. The molecule has 0 unspecified atom stereocenters. The minimum absolute atomic E-state index is 0.0702. The largest absolute Gasteiger partial charge is 0.375 e. The van der Waals surface area contributed by atoms with Crippen LogP contribution in [0.1, 0.15) is 37.0 Å². The van der Waals surface area contributed by atoms with Crippen molar-refractivity contribution >= 4 is 22.6 Å². The summed E-state index contributed by atoms with van der Waals surface area (Å²) in [5, 5.41) is 7.04. The lowest BCUT2D eigenvalue weighted by atomic mass is 9.93. The number of benzene rings is 1. The van der Waals surface area contributed by atoms with Crippen LogP contribution in [-0.2, 0) is 4.74 Å². The molecule has 1 amide bonds. The maximum absolute atomic E-state index is 12.5. The summed E-state index contributed by atoms with van der Waals surface area (Å²) in [4.78, 5) is 20.9. The van der Waals surface area contributed by atoms with Crippen LogP contribution < -0.4 is 10.6 Å². The number of hydrogen-bond acceptors (Lipinski definition) is 5. The highest BCUT2D eigenvalue weighted by Crippen LogP contribution is 2.24. The van der Waals surface area contributed by atoms with Crippen molar-refractivity contribution in [1.29, 1.82) is 0 Å². The average Bonchev–Trinajstić information content (AvgIpc) is 2.52. The SMILES string of the molecule is CNc1ncnc2cc(C(=O)N[C@H]3CCOC(C)(C)C3)ccc12. The van der Waals surface area contributed by atoms with E-state index in [2.05, 4.69) is 34.4 Å². The number of nitrogens with one attached hydrogen (secondary N) is 2. The van der Waals surface area contributed by atoms with Crippen LogP contribution in [0.15, 0.2) is 24.5 Å². The standard InChI is InChI=1S/C17H22N4O2/c1-17(2)9-12(6-7-23-17)21-16(22)11-4-5-13-14(8-11)19-10-20-15(13)18-3/h4-5,8,10,12H,6-7,9H2,1-3H3,(H,21,22)(H,18,19,20)/t12-/m0/s1. The zero-order valence-corrected chi connectivity index (χ0v) is 13.7. The van der Waals surface area contributed by atoms with Crippen LogP contribution >= 0.6 is 0 Å². The number of rotatable bonds is 3. The fraction of sp³-hybridized carbons (Fsp3) is 0.471. The van der Waals surface area contributed by atoms with E-state index in [0.717, 1.165) is 29.6 Å². The van der Waals surface area contributed by atoms with Crippen molar-refractivity contribution in [2.75, 3.05) is 19.0 Å². The van der Waals surface area contributed by atoms with Crippen molar-refractivity contribution in [2.45, 2.75) is 38.3 Å². The quantitative estimate of drug-likeness (QED) is 0.909. The van der Waals surface area contributed by atoms with E-state index < -0.39 is 0 Å². The lowest BCUT2D eigenvalue weighted by molar-refractivity contribution is -0.0615. The molecule has 1 fully saturated rings. The van der Waals surface area contributed by atoms with Crippen LogP contribution in [0.5, 0.6) is 0 Å². The van der Waals surface area contributed by atoms with Crippen molar-refractivity contribution in [2.24, 2.45) is 0 Å². The molecule has 3 rings (SSSR count). The Hall–Kier alpha value is -2.21. The number of fused-ring (bicyclic) bond motifs is 1. The number of aromatic nitrogens is 2. The van der Waals surface area contributed by atoms with Gasteiger partial charge in [-0.3, -0.25) is 4.79 Å². The second kappa shape index (κ2) is 6.12. The van der Waals surface area contributed by atoms with Gasteiger partial charge in [0.05, 0.1) is 11.1 Å². The molecule has 6 heteroatoms. The zero-order valence-electron chi connectivity index (χ0n) is 13.7. The Balaban J connectivity index is 1.78. The van der Waals surface area contributed by atoms with Gasteiger partial charge >= 0.3 is 0 Å². The van der Waals surface area contributed by atoms with Gasteiger partial charge in [0.1, 0.15) is 12.1 Å². The van der Waals surface area contributed by atoms with Gasteiger partial charge < -0.3 is 15.4 Å². The maximum atomic E-state index is 12.5. The molecule has 0 saturated carbocycles. The number of hydrogen-bond donors (Lipinski definition) is 2. The number of ether oxygens (including phenoxy) is 1. The first-order chi connectivity index (χ1) is 11.0. The van der Waals surface area contributed by atoms with E-state index in [4.69, 9.17) is 4.74 Å². The summed E-state index contributed by atoms with van der Waals surface area (Å²) < 4.78 is 5.69. The van der Waals surface area contributed by atoms with Crippen LogP contribution in [0, 0.1) is 0 Å². The molecular formula is C17H22N4O2. The lowest BCUT2D eigenvalue weighted by Gasteiger charge is -2.35. The Morgan fingerprint density at radius 3 is 2.91 bits per heavy atom. The fourth-order valence-electron chi connectivity index (χ4n) is 3.02. The number of carbonyl (C=O) groups excluding carboxylic acids is 1. The third kappa shape index (κ3) is 3.42. The predicted octanol–water partition coefficient (Wildman–Crippen LogP) is 2.36. The van der Waals surface area contributed by atoms with E-state index in [1.165, 1.54) is 6.33 Å². The minimum Gasteiger partial charge on any atom is -0.375 e. The van der Waals surface area contributed by atoms with E-state index in [9.17, 15) is 4.79 Å². The van der Waals surface area contributed by atoms with Gasteiger partial charge in [-0.2, -0.15) is 0 Å². The number of nitrogens with zero attached hydrogens (tertiary/aromatic N) is 2. The van der Waals surface area contributed by atoms with E-state index in [0.29, 0.717) is 12.2 Å². The average molecular weight is 314 g/mol. The number of amides is 1. The smallest absolute Gasteiger partial charge is 0.251 e. The van der Waals surface area contributed by atoms with Gasteiger partial charge in [0, 0.05) is 30.6 Å². The Bertz CT molecular complexity index is 730. The third-order valence-corrected chi connectivity index (χ3v) is 4.17. The molecule has 1 aliphatic rings. The Morgan fingerprint density at radius 2 is 2.17 bits per heavy atom. The molecule has 6 nitrogen and oxygen atoms in total. The first kappa shape index (κ1) is 15.7. The van der Waals surface area contributed by atoms with Crippen molar-refractivity contribution in [1.82, 2.24) is 15.3 Å². The van der Waals surface area contributed by atoms with Gasteiger partial charge in [0.25, 0.3) is 5.91 Å². The molecule has 1 aromatic carbocycles.